The molecule has 0 amide bonds. The van der Waals surface area contributed by atoms with Gasteiger partial charge in [-0.15, -0.1) is 0 Å². The summed E-state index contributed by atoms with van der Waals surface area (Å²) in [6.45, 7) is 7.57. The fraction of sp³-hybridized carbons (Fsp3) is 0.600. The third kappa shape index (κ3) is 9.03. The summed E-state index contributed by atoms with van der Waals surface area (Å²) in [6.07, 6.45) is 2.59. The van der Waals surface area contributed by atoms with Crippen LogP contribution in [0.25, 0.3) is 0 Å². The van der Waals surface area contributed by atoms with Crippen LogP contribution in [0.2, 0.25) is 0 Å². The first-order chi connectivity index (χ1) is 9.18. The average molecular weight is 330 g/mol. The van der Waals surface area contributed by atoms with Crippen molar-refractivity contribution >= 4 is 15.9 Å². The maximum atomic E-state index is 5.63. The molecule has 0 heterocycles. The monoisotopic (exact) mass is 329 g/mol. The Balaban J connectivity index is 1.91. The van der Waals surface area contributed by atoms with Crippen molar-refractivity contribution < 1.29 is 9.47 Å². The molecule has 0 aliphatic heterocycles. The summed E-state index contributed by atoms with van der Waals surface area (Å²) in [5, 5.41) is 3.37. The van der Waals surface area contributed by atoms with Gasteiger partial charge in [-0.1, -0.05) is 22.0 Å². The van der Waals surface area contributed by atoms with E-state index in [1.807, 2.05) is 24.3 Å². The maximum Gasteiger partial charge on any atom is 0.120 e. The Hall–Kier alpha value is -0.580. The lowest BCUT2D eigenvalue weighted by Crippen LogP contribution is -2.22. The summed E-state index contributed by atoms with van der Waals surface area (Å²) >= 11 is 3.42. The van der Waals surface area contributed by atoms with Crippen LogP contribution in [0.15, 0.2) is 28.7 Å². The van der Waals surface area contributed by atoms with Gasteiger partial charge in [-0.2, -0.15) is 0 Å². The zero-order valence-corrected chi connectivity index (χ0v) is 13.4. The van der Waals surface area contributed by atoms with Gasteiger partial charge in [0.2, 0.25) is 0 Å². The molecule has 3 nitrogen and oxygen atoms in total. The van der Waals surface area contributed by atoms with Crippen LogP contribution in [0.4, 0.5) is 0 Å². The minimum atomic E-state index is 0.339. The van der Waals surface area contributed by atoms with Crippen molar-refractivity contribution in [3.8, 4) is 5.75 Å². The quantitative estimate of drug-likeness (QED) is 0.665. The Morgan fingerprint density at radius 2 is 2.00 bits per heavy atom. The molecule has 1 N–H and O–H groups in total. The van der Waals surface area contributed by atoms with Gasteiger partial charge in [-0.3, -0.25) is 0 Å². The number of rotatable bonds is 10. The Labute approximate surface area is 124 Å². The number of ether oxygens (including phenoxy) is 2. The van der Waals surface area contributed by atoms with Gasteiger partial charge >= 0.3 is 0 Å². The summed E-state index contributed by atoms with van der Waals surface area (Å²) in [5.74, 6) is 0.904. The third-order valence-electron chi connectivity index (χ3n) is 2.54. The van der Waals surface area contributed by atoms with Crippen LogP contribution in [0.5, 0.6) is 5.75 Å². The van der Waals surface area contributed by atoms with Crippen molar-refractivity contribution in [2.45, 2.75) is 32.8 Å². The highest BCUT2D eigenvalue weighted by Gasteiger charge is 1.95. The van der Waals surface area contributed by atoms with E-state index in [2.05, 4.69) is 35.1 Å². The molecule has 108 valence electrons. The van der Waals surface area contributed by atoms with E-state index in [0.717, 1.165) is 42.8 Å². The van der Waals surface area contributed by atoms with Crippen LogP contribution in [0, 0.1) is 0 Å². The minimum absolute atomic E-state index is 0.339. The van der Waals surface area contributed by atoms with E-state index in [0.29, 0.717) is 12.7 Å². The van der Waals surface area contributed by atoms with Gasteiger partial charge in [-0.05, 0) is 51.4 Å². The summed E-state index contributed by atoms with van der Waals surface area (Å²) in [7, 11) is 0. The highest BCUT2D eigenvalue weighted by Crippen LogP contribution is 2.17. The first-order valence-electron chi connectivity index (χ1n) is 6.89. The van der Waals surface area contributed by atoms with Crippen molar-refractivity contribution in [3.05, 3.63) is 28.7 Å². The topological polar surface area (TPSA) is 30.5 Å². The van der Waals surface area contributed by atoms with Crippen LogP contribution >= 0.6 is 15.9 Å². The first-order valence-corrected chi connectivity index (χ1v) is 7.68. The van der Waals surface area contributed by atoms with E-state index in [1.165, 1.54) is 0 Å². The number of nitrogens with one attached hydrogen (secondary N) is 1. The third-order valence-corrected chi connectivity index (χ3v) is 3.04. The Morgan fingerprint density at radius 3 is 2.74 bits per heavy atom. The summed E-state index contributed by atoms with van der Waals surface area (Å²) < 4.78 is 12.2. The maximum absolute atomic E-state index is 5.63. The zero-order chi connectivity index (χ0) is 13.9. The fourth-order valence-electron chi connectivity index (χ4n) is 1.59. The van der Waals surface area contributed by atoms with Crippen LogP contribution in [0.3, 0.4) is 0 Å². The zero-order valence-electron chi connectivity index (χ0n) is 11.8. The van der Waals surface area contributed by atoms with Crippen LogP contribution in [-0.2, 0) is 4.74 Å². The van der Waals surface area contributed by atoms with Gasteiger partial charge in [0.15, 0.2) is 0 Å². The Morgan fingerprint density at radius 1 is 1.16 bits per heavy atom. The second kappa shape index (κ2) is 10.2. The fourth-order valence-corrected chi connectivity index (χ4v) is 1.97. The summed E-state index contributed by atoms with van der Waals surface area (Å²) in [6, 6.07) is 7.91. The van der Waals surface area contributed by atoms with Crippen molar-refractivity contribution in [1.29, 1.82) is 0 Å². The highest BCUT2D eigenvalue weighted by atomic mass is 79.9. The molecule has 19 heavy (non-hydrogen) atoms. The molecule has 0 fully saturated rings. The molecule has 1 rings (SSSR count). The molecule has 4 heteroatoms. The molecule has 0 spiro atoms. The highest BCUT2D eigenvalue weighted by molar-refractivity contribution is 9.10. The average Bonchev–Trinajstić information content (AvgIpc) is 2.36. The molecule has 1 aromatic carbocycles. The SMILES string of the molecule is CC(C)OCCCCNCCOc1cccc(Br)c1. The normalized spacial score (nSPS) is 10.9. The van der Waals surface area contributed by atoms with Gasteiger partial charge in [-0.25, -0.2) is 0 Å². The molecule has 0 atom stereocenters. The lowest BCUT2D eigenvalue weighted by atomic mass is 10.3. The molecule has 0 aliphatic rings. The number of unbranched alkanes of at least 4 members (excludes halogenated alkanes) is 1. The van der Waals surface area contributed by atoms with E-state index in [9.17, 15) is 0 Å². The summed E-state index contributed by atoms with van der Waals surface area (Å²) in [4.78, 5) is 0. The molecule has 1 aromatic rings. The van der Waals surface area contributed by atoms with Gasteiger partial charge in [0.25, 0.3) is 0 Å². The molecule has 0 aromatic heterocycles. The van der Waals surface area contributed by atoms with Gasteiger partial charge < -0.3 is 14.8 Å². The molecular weight excluding hydrogens is 306 g/mol. The van der Waals surface area contributed by atoms with E-state index < -0.39 is 0 Å². The van der Waals surface area contributed by atoms with Crippen molar-refractivity contribution in [2.75, 3.05) is 26.3 Å². The largest absolute Gasteiger partial charge is 0.492 e. The molecule has 0 radical (unpaired) electrons. The number of hydrogen-bond donors (Lipinski definition) is 1. The Bertz CT molecular complexity index is 345. The van der Waals surface area contributed by atoms with Gasteiger partial charge in [0, 0.05) is 17.6 Å². The predicted molar refractivity (Wildman–Crippen MR) is 82.8 cm³/mol. The Kier molecular flexibility index (Phi) is 8.88. The van der Waals surface area contributed by atoms with Crippen LogP contribution < -0.4 is 10.1 Å². The second-order valence-electron chi connectivity index (χ2n) is 4.68. The van der Waals surface area contributed by atoms with Crippen LogP contribution in [-0.4, -0.2) is 32.4 Å². The van der Waals surface area contributed by atoms with E-state index in [-0.39, 0.29) is 0 Å². The standard InChI is InChI=1S/C15H24BrNO2/c1-13(2)18-10-4-3-8-17-9-11-19-15-7-5-6-14(16)12-15/h5-7,12-13,17H,3-4,8-11H2,1-2H3. The molecular formula is C15H24BrNO2. The lowest BCUT2D eigenvalue weighted by molar-refractivity contribution is 0.0760. The number of halogens is 1. The van der Waals surface area contributed by atoms with Crippen molar-refractivity contribution in [3.63, 3.8) is 0 Å². The van der Waals surface area contributed by atoms with Crippen molar-refractivity contribution in [1.82, 2.24) is 5.32 Å². The lowest BCUT2D eigenvalue weighted by Gasteiger charge is -2.09. The molecule has 0 aliphatic carbocycles. The molecule has 0 bridgehead atoms. The number of benzene rings is 1. The van der Waals surface area contributed by atoms with E-state index in [1.54, 1.807) is 0 Å². The number of hydrogen-bond acceptors (Lipinski definition) is 3. The second-order valence-corrected chi connectivity index (χ2v) is 5.60. The minimum Gasteiger partial charge on any atom is -0.492 e. The van der Waals surface area contributed by atoms with E-state index in [4.69, 9.17) is 9.47 Å². The first kappa shape index (κ1) is 16.5. The molecule has 0 unspecified atom stereocenters. The predicted octanol–water partition coefficient (Wildman–Crippen LogP) is 3.62. The van der Waals surface area contributed by atoms with Crippen molar-refractivity contribution in [2.24, 2.45) is 0 Å². The molecule has 0 saturated carbocycles. The van der Waals surface area contributed by atoms with Gasteiger partial charge in [0.1, 0.15) is 12.4 Å². The molecule has 0 saturated heterocycles. The smallest absolute Gasteiger partial charge is 0.120 e. The van der Waals surface area contributed by atoms with Crippen LogP contribution in [0.1, 0.15) is 26.7 Å². The van der Waals surface area contributed by atoms with Gasteiger partial charge in [0.05, 0.1) is 6.10 Å². The summed E-state index contributed by atoms with van der Waals surface area (Å²) in [5.41, 5.74) is 0. The van der Waals surface area contributed by atoms with E-state index >= 15 is 0 Å².